The highest BCUT2D eigenvalue weighted by molar-refractivity contribution is 7.18. The Morgan fingerprint density at radius 2 is 2.40 bits per heavy atom. The molecule has 6 nitrogen and oxygen atoms in total. The number of likely N-dealkylation sites (tertiary alicyclic amines) is 1. The minimum absolute atomic E-state index is 0.155. The van der Waals surface area contributed by atoms with Crippen LogP contribution < -0.4 is 10.9 Å². The van der Waals surface area contributed by atoms with Crippen molar-refractivity contribution in [2.24, 2.45) is 5.92 Å². The maximum Gasteiger partial charge on any atom is 0.262 e. The minimum Gasteiger partial charge on any atom is -0.385 e. The third kappa shape index (κ3) is 3.51. The van der Waals surface area contributed by atoms with Gasteiger partial charge in [0.15, 0.2) is 0 Å². The lowest BCUT2D eigenvalue weighted by Crippen LogP contribution is -2.28. The maximum absolute atomic E-state index is 13.0. The number of ether oxygens (including phenoxy) is 1. The molecule has 0 spiro atoms. The highest BCUT2D eigenvalue weighted by Crippen LogP contribution is 2.29. The van der Waals surface area contributed by atoms with Crippen LogP contribution in [0.2, 0.25) is 0 Å². The van der Waals surface area contributed by atoms with E-state index >= 15 is 0 Å². The topological polar surface area (TPSA) is 59.4 Å². The van der Waals surface area contributed by atoms with Crippen LogP contribution in [-0.2, 0) is 24.2 Å². The molecule has 1 saturated heterocycles. The molecule has 0 amide bonds. The van der Waals surface area contributed by atoms with Crippen molar-refractivity contribution in [1.82, 2.24) is 19.8 Å². The summed E-state index contributed by atoms with van der Waals surface area (Å²) in [5, 5.41) is 4.25. The number of hydrogen-bond donors (Lipinski definition) is 1. The summed E-state index contributed by atoms with van der Waals surface area (Å²) in [5.41, 5.74) is 1.39. The summed E-state index contributed by atoms with van der Waals surface area (Å²) in [6, 6.07) is 0. The summed E-state index contributed by atoms with van der Waals surface area (Å²) < 4.78 is 6.98. The van der Waals surface area contributed by atoms with E-state index in [1.165, 1.54) is 10.4 Å². The summed E-state index contributed by atoms with van der Waals surface area (Å²) in [4.78, 5) is 22.3. The van der Waals surface area contributed by atoms with E-state index in [2.05, 4.69) is 15.2 Å². The average Bonchev–Trinajstić information content (AvgIpc) is 3.22. The second-order valence-electron chi connectivity index (χ2n) is 7.11. The first-order chi connectivity index (χ1) is 12.3. The van der Waals surface area contributed by atoms with E-state index in [-0.39, 0.29) is 5.56 Å². The van der Waals surface area contributed by atoms with Crippen molar-refractivity contribution in [3.8, 4) is 0 Å². The quantitative estimate of drug-likeness (QED) is 0.789. The molecule has 2 aromatic rings. The molecule has 4 heterocycles. The summed E-state index contributed by atoms with van der Waals surface area (Å²) in [6.45, 7) is 6.70. The molecule has 136 valence electrons. The van der Waals surface area contributed by atoms with E-state index in [4.69, 9.17) is 4.74 Å². The molecule has 0 bridgehead atoms. The Hall–Kier alpha value is -1.28. The molecule has 2 aromatic heterocycles. The minimum atomic E-state index is 0.155. The fourth-order valence-electron chi connectivity index (χ4n) is 4.06. The summed E-state index contributed by atoms with van der Waals surface area (Å²) in [5.74, 6) is 0.538. The molecule has 1 fully saturated rings. The molecule has 1 N–H and O–H groups in total. The molecule has 0 radical (unpaired) electrons. The zero-order chi connectivity index (χ0) is 17.2. The van der Waals surface area contributed by atoms with E-state index in [1.807, 2.05) is 4.57 Å². The van der Waals surface area contributed by atoms with Crippen molar-refractivity contribution in [1.29, 1.82) is 0 Å². The lowest BCUT2D eigenvalue weighted by Gasteiger charge is -2.16. The molecule has 2 aliphatic rings. The van der Waals surface area contributed by atoms with Gasteiger partial charge in [-0.25, -0.2) is 4.98 Å². The van der Waals surface area contributed by atoms with E-state index in [1.54, 1.807) is 24.8 Å². The Morgan fingerprint density at radius 1 is 1.48 bits per heavy atom. The van der Waals surface area contributed by atoms with Gasteiger partial charge in [-0.2, -0.15) is 0 Å². The Morgan fingerprint density at radius 3 is 3.28 bits per heavy atom. The first-order valence-electron chi connectivity index (χ1n) is 9.18. The fourth-order valence-corrected chi connectivity index (χ4v) is 5.20. The molecule has 25 heavy (non-hydrogen) atoms. The van der Waals surface area contributed by atoms with Gasteiger partial charge in [0.2, 0.25) is 0 Å². The first kappa shape index (κ1) is 17.1. The summed E-state index contributed by atoms with van der Waals surface area (Å²) >= 11 is 1.67. The highest BCUT2D eigenvalue weighted by Gasteiger charge is 2.24. The largest absolute Gasteiger partial charge is 0.385 e. The van der Waals surface area contributed by atoms with Gasteiger partial charge in [0.25, 0.3) is 5.56 Å². The fraction of sp³-hybridized carbons (Fsp3) is 0.667. The van der Waals surface area contributed by atoms with Crippen molar-refractivity contribution in [3.05, 3.63) is 27.1 Å². The van der Waals surface area contributed by atoms with Crippen LogP contribution in [0.5, 0.6) is 0 Å². The second kappa shape index (κ2) is 7.53. The van der Waals surface area contributed by atoms with Crippen LogP contribution in [0, 0.1) is 5.92 Å². The first-order valence-corrected chi connectivity index (χ1v) is 9.99. The number of fused-ring (bicyclic) bond motifs is 3. The van der Waals surface area contributed by atoms with E-state index in [9.17, 15) is 4.79 Å². The van der Waals surface area contributed by atoms with Gasteiger partial charge in [0, 0.05) is 44.8 Å². The van der Waals surface area contributed by atoms with Crippen molar-refractivity contribution in [2.75, 3.05) is 39.9 Å². The molecule has 0 unspecified atom stereocenters. The van der Waals surface area contributed by atoms with Gasteiger partial charge < -0.3 is 15.0 Å². The number of nitrogens with one attached hydrogen (secondary N) is 1. The highest BCUT2D eigenvalue weighted by atomic mass is 32.1. The number of hydrogen-bond acceptors (Lipinski definition) is 6. The lowest BCUT2D eigenvalue weighted by molar-refractivity contribution is 0.178. The molecule has 4 rings (SSSR count). The van der Waals surface area contributed by atoms with Crippen LogP contribution in [0.4, 0.5) is 0 Å². The smallest absolute Gasteiger partial charge is 0.262 e. The number of rotatable bonds is 6. The predicted molar refractivity (Wildman–Crippen MR) is 100 cm³/mol. The average molecular weight is 362 g/mol. The second-order valence-corrected chi connectivity index (χ2v) is 8.20. The molecule has 7 heteroatoms. The zero-order valence-corrected chi connectivity index (χ0v) is 15.6. The van der Waals surface area contributed by atoms with Gasteiger partial charge in [0.05, 0.1) is 11.7 Å². The Balaban J connectivity index is 1.49. The van der Waals surface area contributed by atoms with Crippen LogP contribution in [-0.4, -0.2) is 54.3 Å². The molecular formula is C18H26N4O2S. The lowest BCUT2D eigenvalue weighted by atomic mass is 10.1. The normalized spacial score (nSPS) is 21.1. The third-order valence-corrected chi connectivity index (χ3v) is 6.49. The summed E-state index contributed by atoms with van der Waals surface area (Å²) in [7, 11) is 1.75. The van der Waals surface area contributed by atoms with Crippen LogP contribution in [0.15, 0.2) is 11.1 Å². The molecule has 0 saturated carbocycles. The van der Waals surface area contributed by atoms with E-state index in [0.717, 1.165) is 75.4 Å². The number of nitrogens with zero attached hydrogens (tertiary/aromatic N) is 3. The van der Waals surface area contributed by atoms with Crippen molar-refractivity contribution in [3.63, 3.8) is 0 Å². The Kier molecular flexibility index (Phi) is 5.17. The van der Waals surface area contributed by atoms with Crippen molar-refractivity contribution >= 4 is 21.6 Å². The molecule has 1 atom stereocenters. The van der Waals surface area contributed by atoms with Crippen LogP contribution >= 0.6 is 11.3 Å². The number of thiophene rings is 1. The third-order valence-electron chi connectivity index (χ3n) is 5.35. The standard InChI is InChI=1S/C18H26N4O2S/c1-24-8-2-6-21-7-4-13(10-21)11-22-12-20-17-16(18(22)23)14-3-5-19-9-15(14)25-17/h12-13,19H,2-11H2,1H3/t13-/m1/s1. The number of aromatic nitrogens is 2. The van der Waals surface area contributed by atoms with E-state index < -0.39 is 0 Å². The van der Waals surface area contributed by atoms with E-state index in [0.29, 0.717) is 5.92 Å². The molecule has 0 aromatic carbocycles. The van der Waals surface area contributed by atoms with Crippen LogP contribution in [0.25, 0.3) is 10.2 Å². The van der Waals surface area contributed by atoms with Gasteiger partial charge in [-0.15, -0.1) is 11.3 Å². The molecule has 0 aliphatic carbocycles. The monoisotopic (exact) mass is 362 g/mol. The van der Waals surface area contributed by atoms with Crippen LogP contribution in [0.1, 0.15) is 23.3 Å². The molecule has 2 aliphatic heterocycles. The van der Waals surface area contributed by atoms with Gasteiger partial charge in [-0.1, -0.05) is 0 Å². The Bertz CT molecular complexity index is 800. The van der Waals surface area contributed by atoms with Crippen molar-refractivity contribution < 1.29 is 4.74 Å². The zero-order valence-electron chi connectivity index (χ0n) is 14.8. The van der Waals surface area contributed by atoms with Gasteiger partial charge in [-0.3, -0.25) is 9.36 Å². The maximum atomic E-state index is 13.0. The Labute approximate surface area is 151 Å². The van der Waals surface area contributed by atoms with Gasteiger partial charge >= 0.3 is 0 Å². The summed E-state index contributed by atoms with van der Waals surface area (Å²) in [6.07, 6.45) is 4.93. The SMILES string of the molecule is COCCCN1CC[C@@H](Cn2cnc3sc4c(c3c2=O)CCNC4)C1. The van der Waals surface area contributed by atoms with Crippen LogP contribution in [0.3, 0.4) is 0 Å². The van der Waals surface area contributed by atoms with Gasteiger partial charge in [0.1, 0.15) is 4.83 Å². The van der Waals surface area contributed by atoms with Crippen molar-refractivity contribution in [2.45, 2.75) is 32.4 Å². The van der Waals surface area contributed by atoms with Gasteiger partial charge in [-0.05, 0) is 43.8 Å². The number of methoxy groups -OCH3 is 1. The predicted octanol–water partition coefficient (Wildman–Crippen LogP) is 1.46. The molecular weight excluding hydrogens is 336 g/mol.